The Morgan fingerprint density at radius 1 is 1.28 bits per heavy atom. The molecule has 6 heteroatoms. The maximum atomic E-state index is 13.3. The van der Waals surface area contributed by atoms with Crippen molar-refractivity contribution in [1.82, 2.24) is 4.90 Å². The van der Waals surface area contributed by atoms with Gasteiger partial charge < -0.3 is 4.74 Å². The fourth-order valence-corrected chi connectivity index (χ4v) is 3.52. The number of carbonyl (C=O) groups is 1. The molecule has 0 saturated heterocycles. The molecule has 0 atom stereocenters. The highest BCUT2D eigenvalue weighted by Gasteiger charge is 2.25. The van der Waals surface area contributed by atoms with E-state index in [1.54, 1.807) is 35.2 Å². The average Bonchev–Trinajstić information content (AvgIpc) is 3.09. The minimum Gasteiger partial charge on any atom is -0.494 e. The third-order valence-electron chi connectivity index (χ3n) is 3.72. The molecule has 1 heterocycles. The molecular weight excluding hydrogens is 339 g/mol. The van der Waals surface area contributed by atoms with Crippen LogP contribution in [0.2, 0.25) is 0 Å². The lowest BCUT2D eigenvalue weighted by molar-refractivity contribution is 0.0860. The summed E-state index contributed by atoms with van der Waals surface area (Å²) in [5, 5.41) is 0.683. The molecule has 0 N–H and O–H groups in total. The van der Waals surface area contributed by atoms with Crippen molar-refractivity contribution in [3.63, 3.8) is 0 Å². The molecule has 130 valence electrons. The van der Waals surface area contributed by atoms with Crippen LogP contribution in [0.3, 0.4) is 0 Å². The lowest BCUT2D eigenvalue weighted by atomic mass is 10.2. The van der Waals surface area contributed by atoms with Crippen LogP contribution in [0, 0.1) is 5.82 Å². The molecule has 2 aromatic carbocycles. The van der Waals surface area contributed by atoms with E-state index in [-0.39, 0.29) is 11.7 Å². The highest BCUT2D eigenvalue weighted by atomic mass is 32.2. The molecule has 0 spiro atoms. The molecule has 1 amide bonds. The molecule has 0 unspecified atom stereocenters. The van der Waals surface area contributed by atoms with Gasteiger partial charge in [-0.25, -0.2) is 4.39 Å². The number of ether oxygens (including phenoxy) is 1. The van der Waals surface area contributed by atoms with E-state index in [0.717, 1.165) is 11.3 Å². The molecule has 0 bridgehead atoms. The first-order valence-corrected chi connectivity index (χ1v) is 9.12. The molecule has 25 heavy (non-hydrogen) atoms. The van der Waals surface area contributed by atoms with Crippen LogP contribution in [-0.4, -0.2) is 35.7 Å². The smallest absolute Gasteiger partial charge is 0.259 e. The number of benzene rings is 2. The molecule has 0 saturated carbocycles. The molecule has 0 fully saturated rings. The van der Waals surface area contributed by atoms with Crippen LogP contribution < -0.4 is 4.74 Å². The van der Waals surface area contributed by atoms with E-state index >= 15 is 0 Å². The second kappa shape index (κ2) is 8.16. The molecule has 1 aliphatic rings. The van der Waals surface area contributed by atoms with Gasteiger partial charge in [-0.3, -0.25) is 14.7 Å². The molecule has 2 aromatic rings. The van der Waals surface area contributed by atoms with E-state index in [4.69, 9.17) is 4.74 Å². The standard InChI is InChI=1S/C19H19FN2O2S/c1-2-24-17-8-6-15(7-9-17)18(23)22-11-10-21-19(22)25-13-14-4-3-5-16(20)12-14/h3-9,12H,2,10-11,13H2,1H3. The Morgan fingerprint density at radius 2 is 2.08 bits per heavy atom. The number of hydrogen-bond donors (Lipinski definition) is 0. The van der Waals surface area contributed by atoms with E-state index in [9.17, 15) is 9.18 Å². The fourth-order valence-electron chi connectivity index (χ4n) is 2.53. The maximum absolute atomic E-state index is 13.3. The first kappa shape index (κ1) is 17.5. The van der Waals surface area contributed by atoms with Gasteiger partial charge in [0.15, 0.2) is 5.17 Å². The van der Waals surface area contributed by atoms with Crippen molar-refractivity contribution in [3.05, 3.63) is 65.5 Å². The van der Waals surface area contributed by atoms with Gasteiger partial charge in [-0.05, 0) is 48.9 Å². The summed E-state index contributed by atoms with van der Waals surface area (Å²) in [5.74, 6) is 0.985. The van der Waals surface area contributed by atoms with Gasteiger partial charge in [0.25, 0.3) is 5.91 Å². The molecule has 0 aromatic heterocycles. The Balaban J connectivity index is 1.65. The lowest BCUT2D eigenvalue weighted by Crippen LogP contribution is -2.32. The first-order valence-electron chi connectivity index (χ1n) is 8.14. The van der Waals surface area contributed by atoms with E-state index in [1.807, 2.05) is 13.0 Å². The quantitative estimate of drug-likeness (QED) is 0.812. The van der Waals surface area contributed by atoms with Crippen molar-refractivity contribution in [2.75, 3.05) is 19.7 Å². The first-order chi connectivity index (χ1) is 12.2. The number of amides is 1. The van der Waals surface area contributed by atoms with Gasteiger partial charge in [-0.2, -0.15) is 0 Å². The molecule has 3 rings (SSSR count). The van der Waals surface area contributed by atoms with E-state index < -0.39 is 0 Å². The van der Waals surface area contributed by atoms with Crippen molar-refractivity contribution < 1.29 is 13.9 Å². The van der Waals surface area contributed by atoms with Gasteiger partial charge in [-0.1, -0.05) is 23.9 Å². The summed E-state index contributed by atoms with van der Waals surface area (Å²) >= 11 is 1.45. The van der Waals surface area contributed by atoms with Crippen molar-refractivity contribution >= 4 is 22.8 Å². The van der Waals surface area contributed by atoms with E-state index in [2.05, 4.69) is 4.99 Å². The van der Waals surface area contributed by atoms with Crippen molar-refractivity contribution in [2.45, 2.75) is 12.7 Å². The van der Waals surface area contributed by atoms with Gasteiger partial charge in [-0.15, -0.1) is 0 Å². The number of halogens is 1. The lowest BCUT2D eigenvalue weighted by Gasteiger charge is -2.18. The number of rotatable bonds is 5. The number of nitrogens with zero attached hydrogens (tertiary/aromatic N) is 2. The predicted octanol–water partition coefficient (Wildman–Crippen LogP) is 3.97. The van der Waals surface area contributed by atoms with Crippen LogP contribution in [-0.2, 0) is 5.75 Å². The highest BCUT2D eigenvalue weighted by Crippen LogP contribution is 2.22. The molecule has 0 radical (unpaired) electrons. The monoisotopic (exact) mass is 358 g/mol. The summed E-state index contributed by atoms with van der Waals surface area (Å²) in [7, 11) is 0. The van der Waals surface area contributed by atoms with Gasteiger partial charge in [0.2, 0.25) is 0 Å². The van der Waals surface area contributed by atoms with Gasteiger partial charge in [0.05, 0.1) is 13.2 Å². The third kappa shape index (κ3) is 4.39. The van der Waals surface area contributed by atoms with Gasteiger partial charge >= 0.3 is 0 Å². The molecule has 1 aliphatic heterocycles. The van der Waals surface area contributed by atoms with Gasteiger partial charge in [0, 0.05) is 17.9 Å². The summed E-state index contributed by atoms with van der Waals surface area (Å²) in [6, 6.07) is 13.6. The molecule has 0 aliphatic carbocycles. The summed E-state index contributed by atoms with van der Waals surface area (Å²) < 4.78 is 18.7. The van der Waals surface area contributed by atoms with Crippen LogP contribution in [0.4, 0.5) is 4.39 Å². The minimum atomic E-state index is -0.256. The number of thioether (sulfide) groups is 1. The van der Waals surface area contributed by atoms with Crippen LogP contribution in [0.25, 0.3) is 0 Å². The number of hydrogen-bond acceptors (Lipinski definition) is 4. The fraction of sp³-hybridized carbons (Fsp3) is 0.263. The zero-order valence-corrected chi connectivity index (χ0v) is 14.8. The summed E-state index contributed by atoms with van der Waals surface area (Å²) in [6.07, 6.45) is 0. The summed E-state index contributed by atoms with van der Waals surface area (Å²) in [4.78, 5) is 18.8. The van der Waals surface area contributed by atoms with E-state index in [0.29, 0.717) is 36.2 Å². The Kier molecular flexibility index (Phi) is 5.71. The number of aliphatic imine (C=N–C) groups is 1. The highest BCUT2D eigenvalue weighted by molar-refractivity contribution is 8.13. The summed E-state index contributed by atoms with van der Waals surface area (Å²) in [6.45, 7) is 3.67. The third-order valence-corrected chi connectivity index (χ3v) is 4.80. The Labute approximate surface area is 150 Å². The van der Waals surface area contributed by atoms with Crippen molar-refractivity contribution in [2.24, 2.45) is 4.99 Å². The van der Waals surface area contributed by atoms with Crippen LogP contribution >= 0.6 is 11.8 Å². The van der Waals surface area contributed by atoms with Crippen LogP contribution in [0.5, 0.6) is 5.75 Å². The molecule has 4 nitrogen and oxygen atoms in total. The zero-order chi connectivity index (χ0) is 17.6. The van der Waals surface area contributed by atoms with Crippen LogP contribution in [0.1, 0.15) is 22.8 Å². The van der Waals surface area contributed by atoms with Crippen molar-refractivity contribution in [1.29, 1.82) is 0 Å². The second-order valence-corrected chi connectivity index (χ2v) is 6.44. The maximum Gasteiger partial charge on any atom is 0.259 e. The largest absolute Gasteiger partial charge is 0.494 e. The van der Waals surface area contributed by atoms with Crippen molar-refractivity contribution in [3.8, 4) is 5.75 Å². The van der Waals surface area contributed by atoms with Gasteiger partial charge in [0.1, 0.15) is 11.6 Å². The number of carbonyl (C=O) groups excluding carboxylic acids is 1. The minimum absolute atomic E-state index is 0.0777. The predicted molar refractivity (Wildman–Crippen MR) is 98.6 cm³/mol. The summed E-state index contributed by atoms with van der Waals surface area (Å²) in [5.41, 5.74) is 1.47. The second-order valence-electron chi connectivity index (χ2n) is 5.50. The normalized spacial score (nSPS) is 13.7. The molecular formula is C19H19FN2O2S. The Morgan fingerprint density at radius 3 is 2.80 bits per heavy atom. The van der Waals surface area contributed by atoms with Crippen LogP contribution in [0.15, 0.2) is 53.5 Å². The zero-order valence-electron chi connectivity index (χ0n) is 13.9. The topological polar surface area (TPSA) is 41.9 Å². The Bertz CT molecular complexity index is 777. The Hall–Kier alpha value is -2.34. The average molecular weight is 358 g/mol. The number of amidine groups is 1. The van der Waals surface area contributed by atoms with E-state index in [1.165, 1.54) is 23.9 Å². The SMILES string of the molecule is CCOc1ccc(C(=O)N2CCN=C2SCc2cccc(F)c2)cc1.